The number of carbonyl (C=O) groups is 4. The topological polar surface area (TPSA) is 92.3 Å². The molecule has 0 aliphatic heterocycles. The average molecular weight is 447 g/mol. The van der Waals surface area contributed by atoms with Crippen molar-refractivity contribution in [3.8, 4) is 23.7 Å². The number of allylic oxidation sites excluding steroid dienone is 1. The van der Waals surface area contributed by atoms with Gasteiger partial charge in [0.1, 0.15) is 0 Å². The fourth-order valence-corrected chi connectivity index (χ4v) is 1.26. The molecule has 32 heavy (non-hydrogen) atoms. The van der Waals surface area contributed by atoms with Gasteiger partial charge in [0.05, 0.1) is 0 Å². The van der Waals surface area contributed by atoms with Gasteiger partial charge in [-0.25, -0.2) is 0 Å². The molecule has 180 valence electrons. The van der Waals surface area contributed by atoms with E-state index in [2.05, 4.69) is 47.5 Å². The molecule has 6 heteroatoms. The molecule has 2 N–H and O–H groups in total. The first-order chi connectivity index (χ1) is 14.7. The number of hydrogen-bond donors (Lipinski definition) is 2. The van der Waals surface area contributed by atoms with Crippen LogP contribution in [0.4, 0.5) is 0 Å². The second-order valence-electron chi connectivity index (χ2n) is 7.53. The van der Waals surface area contributed by atoms with Crippen molar-refractivity contribution < 1.29 is 19.2 Å². The normalized spacial score (nSPS) is 8.44. The molecular weight excluding hydrogens is 404 g/mol. The molecule has 0 bridgehead atoms. The van der Waals surface area contributed by atoms with Crippen LogP contribution < -0.4 is 10.6 Å². The number of ketones is 2. The van der Waals surface area contributed by atoms with Crippen LogP contribution in [0.1, 0.15) is 69.2 Å². The van der Waals surface area contributed by atoms with Crippen LogP contribution >= 0.6 is 0 Å². The number of nitrogens with one attached hydrogen (secondary N) is 2. The number of rotatable bonds is 6. The summed E-state index contributed by atoms with van der Waals surface area (Å²) >= 11 is 0. The van der Waals surface area contributed by atoms with Gasteiger partial charge in [0, 0.05) is 23.9 Å². The fraction of sp³-hybridized carbons (Fsp3) is 0.538. The van der Waals surface area contributed by atoms with E-state index in [4.69, 9.17) is 0 Å². The number of amides is 2. The van der Waals surface area contributed by atoms with Crippen LogP contribution in [0, 0.1) is 35.5 Å². The summed E-state index contributed by atoms with van der Waals surface area (Å²) in [6.45, 7) is 24.9. The molecule has 0 rings (SSSR count). The molecular formula is C26H42N2O4. The molecule has 0 saturated carbocycles. The Morgan fingerprint density at radius 1 is 0.688 bits per heavy atom. The summed E-state index contributed by atoms with van der Waals surface area (Å²) in [5.74, 6) is 9.88. The van der Waals surface area contributed by atoms with Gasteiger partial charge in [0.15, 0.2) is 5.78 Å². The first kappa shape index (κ1) is 36.3. The van der Waals surface area contributed by atoms with E-state index in [1.807, 2.05) is 55.4 Å². The highest BCUT2D eigenvalue weighted by molar-refractivity contribution is 5.96. The van der Waals surface area contributed by atoms with E-state index in [0.29, 0.717) is 0 Å². The van der Waals surface area contributed by atoms with E-state index >= 15 is 0 Å². The molecule has 6 nitrogen and oxygen atoms in total. The van der Waals surface area contributed by atoms with Gasteiger partial charge < -0.3 is 10.6 Å². The van der Waals surface area contributed by atoms with Crippen LogP contribution in [-0.2, 0) is 19.2 Å². The van der Waals surface area contributed by atoms with Crippen LogP contribution in [-0.4, -0.2) is 35.5 Å². The van der Waals surface area contributed by atoms with Gasteiger partial charge in [-0.3, -0.25) is 19.2 Å². The lowest BCUT2D eigenvalue weighted by Gasteiger charge is -2.02. The predicted octanol–water partition coefficient (Wildman–Crippen LogP) is 3.86. The number of hydrogen-bond acceptors (Lipinski definition) is 4. The SMILES string of the molecule is C=CC(=O)C(C)C.C=CC(=O)NC(C)C.CC#CC(=O)C(C)C.CC#CC(=O)NC(C)C. The van der Waals surface area contributed by atoms with Crippen molar-refractivity contribution in [1.29, 1.82) is 0 Å². The summed E-state index contributed by atoms with van der Waals surface area (Å²) in [6, 6.07) is 0.388. The van der Waals surface area contributed by atoms with Crippen molar-refractivity contribution in [2.75, 3.05) is 0 Å². The Kier molecular flexibility index (Phi) is 27.4. The Bertz CT molecular complexity index is 710. The third kappa shape index (κ3) is 34.4. The van der Waals surface area contributed by atoms with Crippen molar-refractivity contribution in [3.63, 3.8) is 0 Å². The highest BCUT2D eigenvalue weighted by atomic mass is 16.2. The summed E-state index contributed by atoms with van der Waals surface area (Å²) < 4.78 is 0. The summed E-state index contributed by atoms with van der Waals surface area (Å²) in [6.07, 6.45) is 2.62. The van der Waals surface area contributed by atoms with E-state index in [-0.39, 0.29) is 47.3 Å². The average Bonchev–Trinajstić information content (AvgIpc) is 2.67. The molecule has 0 saturated heterocycles. The van der Waals surface area contributed by atoms with Crippen LogP contribution in [0.2, 0.25) is 0 Å². The van der Waals surface area contributed by atoms with Crippen LogP contribution in [0.3, 0.4) is 0 Å². The predicted molar refractivity (Wildman–Crippen MR) is 134 cm³/mol. The van der Waals surface area contributed by atoms with Gasteiger partial charge >= 0.3 is 0 Å². The Hall–Kier alpha value is -3.12. The van der Waals surface area contributed by atoms with Gasteiger partial charge in [0.2, 0.25) is 11.7 Å². The molecule has 0 spiro atoms. The van der Waals surface area contributed by atoms with Crippen LogP contribution in [0.5, 0.6) is 0 Å². The molecule has 0 aromatic carbocycles. The van der Waals surface area contributed by atoms with Crippen molar-refractivity contribution in [2.45, 2.75) is 81.3 Å². The standard InChI is InChI=1S/C7H11NO.C7H10O.C6H11NO.C6H10O/c1-4-5-7(9)8-6(2)3;1-4-5-7(8)6(2)3;1-4-6(8)7-5(2)3;1-4-6(7)5(2)3/h6H,1-3H3,(H,8,9);6H,1-3H3;4-5H,1H2,2-3H3,(H,7,8);4-5H,1H2,2-3H3. The Balaban J connectivity index is -0.000000164. The Morgan fingerprint density at radius 3 is 1.28 bits per heavy atom. The highest BCUT2D eigenvalue weighted by Crippen LogP contribution is 1.92. The Labute approximate surface area is 195 Å². The van der Waals surface area contributed by atoms with E-state index in [1.54, 1.807) is 13.8 Å². The maximum absolute atomic E-state index is 10.6. The van der Waals surface area contributed by atoms with Crippen molar-refractivity contribution >= 4 is 23.4 Å². The molecule has 0 heterocycles. The van der Waals surface area contributed by atoms with E-state index in [0.717, 1.165) is 0 Å². The van der Waals surface area contributed by atoms with Crippen molar-refractivity contribution in [2.24, 2.45) is 11.8 Å². The molecule has 0 aliphatic rings. The van der Waals surface area contributed by atoms with Gasteiger partial charge in [0.25, 0.3) is 5.91 Å². The molecule has 2 amide bonds. The molecule has 0 atom stereocenters. The minimum Gasteiger partial charge on any atom is -0.350 e. The van der Waals surface area contributed by atoms with Crippen LogP contribution in [0.25, 0.3) is 0 Å². The molecule has 0 aromatic heterocycles. The third-order valence-corrected chi connectivity index (χ3v) is 2.82. The van der Waals surface area contributed by atoms with Crippen LogP contribution in [0.15, 0.2) is 25.3 Å². The van der Waals surface area contributed by atoms with Gasteiger partial charge in [-0.1, -0.05) is 52.7 Å². The molecule has 0 aromatic rings. The lowest BCUT2D eigenvalue weighted by atomic mass is 10.1. The quantitative estimate of drug-likeness (QED) is 0.368. The first-order valence-electron chi connectivity index (χ1n) is 10.5. The molecule has 0 unspecified atom stereocenters. The highest BCUT2D eigenvalue weighted by Gasteiger charge is 2.00. The monoisotopic (exact) mass is 446 g/mol. The Morgan fingerprint density at radius 2 is 1.12 bits per heavy atom. The zero-order chi connectivity index (χ0) is 26.3. The molecule has 0 radical (unpaired) electrons. The van der Waals surface area contributed by atoms with Gasteiger partial charge in [-0.05, 0) is 65.5 Å². The van der Waals surface area contributed by atoms with Gasteiger partial charge in [-0.2, -0.15) is 0 Å². The maximum atomic E-state index is 10.6. The maximum Gasteiger partial charge on any atom is 0.296 e. The zero-order valence-electron chi connectivity index (χ0n) is 21.5. The van der Waals surface area contributed by atoms with Crippen molar-refractivity contribution in [1.82, 2.24) is 10.6 Å². The molecule has 0 aliphatic carbocycles. The summed E-state index contributed by atoms with van der Waals surface area (Å²) in [4.78, 5) is 41.9. The van der Waals surface area contributed by atoms with E-state index < -0.39 is 0 Å². The van der Waals surface area contributed by atoms with Crippen molar-refractivity contribution in [3.05, 3.63) is 25.3 Å². The lowest BCUT2D eigenvalue weighted by molar-refractivity contribution is -0.117. The lowest BCUT2D eigenvalue weighted by Crippen LogP contribution is -2.28. The minimum atomic E-state index is -0.201. The largest absolute Gasteiger partial charge is 0.350 e. The number of carbonyl (C=O) groups excluding carboxylic acids is 4. The summed E-state index contributed by atoms with van der Waals surface area (Å²) in [7, 11) is 0. The smallest absolute Gasteiger partial charge is 0.296 e. The third-order valence-electron chi connectivity index (χ3n) is 2.82. The summed E-state index contributed by atoms with van der Waals surface area (Å²) in [5.41, 5.74) is 0. The number of Topliss-reactive ketones (excluding diaryl/α,β-unsaturated/α-hetero) is 1. The second-order valence-corrected chi connectivity index (χ2v) is 7.53. The minimum absolute atomic E-state index is 0.0208. The first-order valence-corrected chi connectivity index (χ1v) is 10.5. The van der Waals surface area contributed by atoms with E-state index in [1.165, 1.54) is 12.2 Å². The van der Waals surface area contributed by atoms with E-state index in [9.17, 15) is 19.2 Å². The fourth-order valence-electron chi connectivity index (χ4n) is 1.26. The second kappa shape index (κ2) is 24.2. The molecule has 0 fully saturated rings. The summed E-state index contributed by atoms with van der Waals surface area (Å²) in [5, 5.41) is 5.27. The zero-order valence-corrected chi connectivity index (χ0v) is 21.5. The van der Waals surface area contributed by atoms with Gasteiger partial charge in [-0.15, -0.1) is 0 Å².